The van der Waals surface area contributed by atoms with Gasteiger partial charge in [0.15, 0.2) is 36.5 Å². The van der Waals surface area contributed by atoms with Gasteiger partial charge in [-0.25, -0.2) is 63.4 Å². The molecule has 20 N–H and O–H groups in total. The van der Waals surface area contributed by atoms with Crippen molar-refractivity contribution < 1.29 is 206 Å². The summed E-state index contributed by atoms with van der Waals surface area (Å²) < 4.78 is 211. The lowest BCUT2D eigenvalue weighted by Gasteiger charge is -2.38. The molecule has 98 heavy (non-hydrogen) atoms. The summed E-state index contributed by atoms with van der Waals surface area (Å²) in [6.07, 6.45) is -8.50. The fourth-order valence-corrected chi connectivity index (χ4v) is 17.1. The lowest BCUT2D eigenvalue weighted by atomic mass is 9.90. The number of aromatic amines is 1. The van der Waals surface area contributed by atoms with Crippen LogP contribution in [-0.4, -0.2) is 200 Å². The SMILES string of the molecule is C.C=C1NC(=O)C=CN1[C@@H]1O[C@](F)(COP(=O)(O)OP(=O)(O)OP(=O)(O)O)[C@@H](O)[C@]1(O)CC.C=C=C[C@]1(F)[C@H](n2ccc(=O)[nH]c2=O)O[C@](F)(COP(=O)(O)OP(=O)(O)OP(=O)(O)O)[C@H]1O.C=C[C@]1(O)[C@H](N2C=CC(=O)NC2=C)O[C@](F)(COP(=O)(O)OP(=O)(O)OP(=O)(O)O)[C@H]1O. The van der Waals surface area contributed by atoms with Gasteiger partial charge in [0, 0.05) is 42.9 Å². The summed E-state index contributed by atoms with van der Waals surface area (Å²) in [5, 5.41) is 56.7. The van der Waals surface area contributed by atoms with Crippen LogP contribution in [0.25, 0.3) is 0 Å². The largest absolute Gasteiger partial charge is 0.490 e. The fourth-order valence-electron chi connectivity index (χ4n) is 8.01. The molecule has 560 valence electrons. The van der Waals surface area contributed by atoms with Crippen LogP contribution in [0.5, 0.6) is 0 Å². The van der Waals surface area contributed by atoms with E-state index in [-0.39, 0.29) is 25.5 Å². The molecule has 2 amide bonds. The molecule has 0 spiro atoms. The molecule has 0 radical (unpaired) electrons. The summed E-state index contributed by atoms with van der Waals surface area (Å²) in [7, 11) is -52.1. The third-order valence-electron chi connectivity index (χ3n) is 12.0. The third-order valence-corrected chi connectivity index (χ3v) is 23.3. The minimum absolute atomic E-state index is 0. The van der Waals surface area contributed by atoms with Gasteiger partial charge in [-0.15, -0.1) is 5.73 Å². The van der Waals surface area contributed by atoms with Crippen LogP contribution in [0.3, 0.4) is 0 Å². The van der Waals surface area contributed by atoms with Gasteiger partial charge < -0.3 is 119 Å². The van der Waals surface area contributed by atoms with Gasteiger partial charge >= 0.3 is 76.1 Å². The number of ether oxygens (including phenoxy) is 3. The van der Waals surface area contributed by atoms with Crippen LogP contribution in [-0.2, 0) is 104 Å². The number of phosphoric ester groups is 3. The van der Waals surface area contributed by atoms with Crippen molar-refractivity contribution in [1.82, 2.24) is 30.0 Å². The van der Waals surface area contributed by atoms with E-state index in [1.54, 1.807) is 4.98 Å². The highest BCUT2D eigenvalue weighted by atomic mass is 31.3. The van der Waals surface area contributed by atoms with Crippen molar-refractivity contribution in [2.45, 2.75) is 92.2 Å². The second-order valence-electron chi connectivity index (χ2n) is 19.0. The summed E-state index contributed by atoms with van der Waals surface area (Å²) in [6, 6.07) is 0.722. The van der Waals surface area contributed by atoms with Gasteiger partial charge in [0.2, 0.25) is 5.67 Å². The number of H-pyrrole nitrogens is 1. The molecule has 0 aliphatic carbocycles. The average Bonchev–Trinajstić information content (AvgIpc) is 1.60. The summed E-state index contributed by atoms with van der Waals surface area (Å²) in [6.45, 7) is 9.29. The molecule has 0 saturated carbocycles. The zero-order valence-corrected chi connectivity index (χ0v) is 55.5. The van der Waals surface area contributed by atoms with Gasteiger partial charge in [-0.3, -0.25) is 37.5 Å². The van der Waals surface area contributed by atoms with Crippen LogP contribution >= 0.6 is 70.4 Å². The van der Waals surface area contributed by atoms with Crippen molar-refractivity contribution in [3.63, 3.8) is 0 Å². The van der Waals surface area contributed by atoms with E-state index in [1.165, 1.54) is 6.92 Å². The predicted molar refractivity (Wildman–Crippen MR) is 301 cm³/mol. The lowest BCUT2D eigenvalue weighted by molar-refractivity contribution is -0.207. The Balaban J connectivity index is 0.000000381. The number of alkyl halides is 4. The molecule has 18 atom stereocenters. The van der Waals surface area contributed by atoms with E-state index < -0.39 is 185 Å². The molecular weight excluding hydrogens is 1560 g/mol. The number of hydrogen-bond acceptors (Lipinski definition) is 32. The average molecular weight is 1610 g/mol. The number of aromatic nitrogens is 2. The Hall–Kier alpha value is -3.93. The summed E-state index contributed by atoms with van der Waals surface area (Å²) >= 11 is 0. The maximum atomic E-state index is 15.5. The normalized spacial score (nSPS) is 33.2. The first-order valence-electron chi connectivity index (χ1n) is 24.4. The van der Waals surface area contributed by atoms with E-state index in [0.717, 1.165) is 40.4 Å². The Morgan fingerprint density at radius 1 is 0.571 bits per heavy atom. The predicted octanol–water partition coefficient (Wildman–Crippen LogP) is -1.56. The first-order valence-corrected chi connectivity index (χ1v) is 38.0. The molecular formula is C37H57F4N6O42P9. The van der Waals surface area contributed by atoms with E-state index in [1.807, 2.05) is 5.73 Å². The lowest BCUT2D eigenvalue weighted by Crippen LogP contribution is -2.56. The van der Waals surface area contributed by atoms with E-state index in [2.05, 4.69) is 76.4 Å². The maximum absolute atomic E-state index is 15.5. The smallest absolute Gasteiger partial charge is 0.384 e. The number of carbonyl (C=O) groups is 2. The molecule has 0 aromatic carbocycles. The van der Waals surface area contributed by atoms with Gasteiger partial charge in [-0.05, 0) is 6.42 Å². The Labute approximate surface area is 542 Å². The molecule has 6 unspecified atom stereocenters. The molecule has 6 heterocycles. The van der Waals surface area contributed by atoms with Crippen molar-refractivity contribution in [2.24, 2.45) is 0 Å². The van der Waals surface area contributed by atoms with Crippen molar-refractivity contribution in [2.75, 3.05) is 19.8 Å². The number of hydrogen-bond donors (Lipinski definition) is 20. The van der Waals surface area contributed by atoms with Crippen molar-refractivity contribution in [3.05, 3.63) is 113 Å². The zero-order valence-electron chi connectivity index (χ0n) is 47.4. The molecule has 0 bridgehead atoms. The third kappa shape index (κ3) is 22.8. The minimum atomic E-state index is -5.95. The summed E-state index contributed by atoms with van der Waals surface area (Å²) in [5.41, 5.74) is -8.67. The van der Waals surface area contributed by atoms with Crippen LogP contribution in [0, 0.1) is 0 Å². The van der Waals surface area contributed by atoms with Crippen LogP contribution in [0.2, 0.25) is 0 Å². The van der Waals surface area contributed by atoms with E-state index in [9.17, 15) is 100 Å². The quantitative estimate of drug-likeness (QED) is 0.0205. The highest BCUT2D eigenvalue weighted by Gasteiger charge is 2.69. The van der Waals surface area contributed by atoms with Crippen LogP contribution in [0.4, 0.5) is 17.6 Å². The Morgan fingerprint density at radius 2 is 0.918 bits per heavy atom. The molecule has 3 fully saturated rings. The van der Waals surface area contributed by atoms with Crippen molar-refractivity contribution in [3.8, 4) is 0 Å². The topological polar surface area (TPSA) is 728 Å². The minimum Gasteiger partial charge on any atom is -0.384 e. The molecule has 61 heteroatoms. The van der Waals surface area contributed by atoms with Crippen LogP contribution in [0.1, 0.15) is 27.0 Å². The number of aliphatic hydroxyl groups excluding tert-OH is 3. The highest BCUT2D eigenvalue weighted by Crippen LogP contribution is 2.69. The number of carbonyl (C=O) groups excluding carboxylic acids is 2. The molecule has 5 aliphatic heterocycles. The Kier molecular flexibility index (Phi) is 28.1. The Bertz CT molecular complexity index is 3940. The van der Waals surface area contributed by atoms with Crippen molar-refractivity contribution >= 4 is 82.2 Å². The van der Waals surface area contributed by atoms with Gasteiger partial charge in [0.05, 0.1) is 0 Å². The maximum Gasteiger partial charge on any atom is 0.490 e. The van der Waals surface area contributed by atoms with Gasteiger partial charge in [0.25, 0.3) is 34.9 Å². The van der Waals surface area contributed by atoms with Gasteiger partial charge in [0.1, 0.15) is 43.2 Å². The highest BCUT2D eigenvalue weighted by molar-refractivity contribution is 7.67. The van der Waals surface area contributed by atoms with Crippen LogP contribution in [0.15, 0.2) is 102 Å². The zero-order chi connectivity index (χ0) is 75.0. The molecule has 5 aliphatic rings. The summed E-state index contributed by atoms with van der Waals surface area (Å²) in [4.78, 5) is 156. The van der Waals surface area contributed by atoms with Crippen molar-refractivity contribution in [1.29, 1.82) is 0 Å². The number of rotatable bonds is 27. The fraction of sp³-hybridized carbons (Fsp3) is 0.486. The standard InChI is InChI=1S/C12H15F2N2O14P3.C12H20FN2O14P3.C12H18FN2O14P3.CH4/c1-2-4-11(13)8(18)12(14,28-9(11)16-5-3-7(17)15-10(16)19)6-27-32(23,24)30-33(25,26)29-31(20,21)22;2*1-3-11(18)9(17)12(13,27-10(11)15-5-4-8(16)14-7(15)2)6-26-31(22,23)29-32(24,25)28-30(19,20)21;/h3-5,8-9,18H,1,6H2,(H,23,24)(H,25,26)(H,15,17,19)(H2,20,21,22);4-5,9-10,17-18H,2-3,6H2,1H3,(H,14,16)(H,22,23)(H,24,25)(H2,19,20,21);3-5,9-10,17-18H,1-2,6H2,(H,14,16)(H,22,23)(H,24,25)(H2,19,20,21);1H4/t8-,9+,11+,12+;2*9-,10+,11+,12+;/m000./s1. The first-order chi connectivity index (χ1) is 43.5. The van der Waals surface area contributed by atoms with Crippen LogP contribution < -0.4 is 21.9 Å². The monoisotopic (exact) mass is 1610 g/mol. The first kappa shape index (κ1) is 88.3. The number of aliphatic hydroxyl groups is 5. The van der Waals surface area contributed by atoms with Gasteiger partial charge in [-0.2, -0.15) is 25.9 Å². The van der Waals surface area contributed by atoms with Gasteiger partial charge in [-0.1, -0.05) is 46.7 Å². The number of phosphoric acid groups is 9. The van der Waals surface area contributed by atoms with E-state index in [4.69, 9.17) is 58.3 Å². The number of amides is 2. The second-order valence-corrected chi connectivity index (χ2v) is 32.3. The molecule has 3 saturated heterocycles. The number of nitrogens with zero attached hydrogens (tertiary/aromatic N) is 3. The molecule has 6 rings (SSSR count). The second kappa shape index (κ2) is 31.2. The number of nitrogens with one attached hydrogen (secondary N) is 3. The summed E-state index contributed by atoms with van der Waals surface area (Å²) in [5.74, 6) is -12.3. The van der Waals surface area contributed by atoms with E-state index >= 15 is 17.6 Å². The molecule has 1 aromatic heterocycles. The molecule has 48 nitrogen and oxygen atoms in total. The molecule has 1 aromatic rings. The van der Waals surface area contributed by atoms with E-state index in [0.29, 0.717) is 22.9 Å². The Morgan fingerprint density at radius 3 is 1.26 bits per heavy atom. The number of halogens is 4.